The Morgan fingerprint density at radius 1 is 1.18 bits per heavy atom. The zero-order valence-corrected chi connectivity index (χ0v) is 10.5. The van der Waals surface area contributed by atoms with Gasteiger partial charge in [0.25, 0.3) is 0 Å². The van der Waals surface area contributed by atoms with Crippen molar-refractivity contribution >= 4 is 0 Å². The topological polar surface area (TPSA) is 29.3 Å². The molecule has 0 saturated carbocycles. The quantitative estimate of drug-likeness (QED) is 0.844. The second-order valence-corrected chi connectivity index (χ2v) is 5.64. The highest BCUT2D eigenvalue weighted by Gasteiger charge is 2.42. The first-order valence-electron chi connectivity index (χ1n) is 6.82. The van der Waals surface area contributed by atoms with Gasteiger partial charge in [-0.25, -0.2) is 0 Å². The highest BCUT2D eigenvalue weighted by Crippen LogP contribution is 2.37. The van der Waals surface area contributed by atoms with Crippen LogP contribution in [0.3, 0.4) is 0 Å². The van der Waals surface area contributed by atoms with Gasteiger partial charge < -0.3 is 5.73 Å². The SMILES string of the molecule is CC(c1ccccc1)[C@H]1C(N)C2CCN1CC2. The summed E-state index contributed by atoms with van der Waals surface area (Å²) in [5.41, 5.74) is 7.89. The molecule has 1 aromatic carbocycles. The van der Waals surface area contributed by atoms with E-state index in [1.165, 1.54) is 31.5 Å². The van der Waals surface area contributed by atoms with Crippen molar-refractivity contribution in [1.82, 2.24) is 4.90 Å². The normalized spacial score (nSPS) is 38.0. The molecule has 2 unspecified atom stereocenters. The van der Waals surface area contributed by atoms with E-state index in [9.17, 15) is 0 Å². The summed E-state index contributed by atoms with van der Waals surface area (Å²) in [6.07, 6.45) is 2.61. The van der Waals surface area contributed by atoms with E-state index in [0.717, 1.165) is 5.92 Å². The standard InChI is InChI=1S/C15H22N2/c1-11(12-5-3-2-4-6-12)15-14(16)13-7-9-17(15)10-8-13/h2-6,11,13-15H,7-10,16H2,1H3/t11?,14?,15-/m0/s1. The van der Waals surface area contributed by atoms with Crippen LogP contribution in [-0.4, -0.2) is 30.1 Å². The van der Waals surface area contributed by atoms with E-state index >= 15 is 0 Å². The molecular formula is C15H22N2. The van der Waals surface area contributed by atoms with E-state index in [1.807, 2.05) is 0 Å². The molecule has 0 radical (unpaired) electrons. The van der Waals surface area contributed by atoms with Crippen LogP contribution in [0.2, 0.25) is 0 Å². The van der Waals surface area contributed by atoms with E-state index in [-0.39, 0.29) is 0 Å². The Hall–Kier alpha value is -0.860. The van der Waals surface area contributed by atoms with Crippen molar-refractivity contribution < 1.29 is 0 Å². The van der Waals surface area contributed by atoms with Gasteiger partial charge in [0.1, 0.15) is 0 Å². The molecule has 2 heteroatoms. The Morgan fingerprint density at radius 3 is 2.41 bits per heavy atom. The van der Waals surface area contributed by atoms with Gasteiger partial charge in [-0.2, -0.15) is 0 Å². The van der Waals surface area contributed by atoms with E-state index in [2.05, 4.69) is 42.2 Å². The van der Waals surface area contributed by atoms with Crippen LogP contribution in [0.25, 0.3) is 0 Å². The molecular weight excluding hydrogens is 208 g/mol. The maximum Gasteiger partial charge on any atom is 0.0315 e. The molecule has 2 nitrogen and oxygen atoms in total. The largest absolute Gasteiger partial charge is 0.326 e. The Kier molecular flexibility index (Phi) is 2.93. The summed E-state index contributed by atoms with van der Waals surface area (Å²) in [5, 5.41) is 0. The van der Waals surface area contributed by atoms with Crippen LogP contribution in [0.1, 0.15) is 31.2 Å². The lowest BCUT2D eigenvalue weighted by molar-refractivity contribution is 0.0171. The molecule has 3 fully saturated rings. The number of rotatable bonds is 2. The third-order valence-corrected chi connectivity index (χ3v) is 4.77. The fourth-order valence-corrected chi connectivity index (χ4v) is 3.73. The van der Waals surface area contributed by atoms with Gasteiger partial charge in [-0.05, 0) is 43.3 Å². The van der Waals surface area contributed by atoms with Crippen LogP contribution in [0, 0.1) is 5.92 Å². The smallest absolute Gasteiger partial charge is 0.0315 e. The van der Waals surface area contributed by atoms with Gasteiger partial charge in [0, 0.05) is 12.1 Å². The predicted octanol–water partition coefficient (Wildman–Crippen LogP) is 2.21. The molecule has 0 spiro atoms. The third kappa shape index (κ3) is 1.90. The number of nitrogens with two attached hydrogens (primary N) is 1. The molecule has 3 aliphatic rings. The summed E-state index contributed by atoms with van der Waals surface area (Å²) in [5.74, 6) is 1.31. The van der Waals surface area contributed by atoms with Crippen LogP contribution >= 0.6 is 0 Å². The molecule has 2 bridgehead atoms. The van der Waals surface area contributed by atoms with Gasteiger partial charge >= 0.3 is 0 Å². The number of piperidine rings is 3. The van der Waals surface area contributed by atoms with Crippen molar-refractivity contribution in [3.63, 3.8) is 0 Å². The zero-order chi connectivity index (χ0) is 11.8. The first-order valence-corrected chi connectivity index (χ1v) is 6.82. The number of fused-ring (bicyclic) bond motifs is 3. The fourth-order valence-electron chi connectivity index (χ4n) is 3.73. The van der Waals surface area contributed by atoms with Crippen molar-refractivity contribution in [3.8, 4) is 0 Å². The van der Waals surface area contributed by atoms with Crippen LogP contribution in [0.4, 0.5) is 0 Å². The monoisotopic (exact) mass is 230 g/mol. The Morgan fingerprint density at radius 2 is 1.82 bits per heavy atom. The molecule has 0 aromatic heterocycles. The van der Waals surface area contributed by atoms with Gasteiger partial charge in [0.05, 0.1) is 0 Å². The predicted molar refractivity (Wildman–Crippen MR) is 70.9 cm³/mol. The average molecular weight is 230 g/mol. The molecule has 3 aliphatic heterocycles. The minimum absolute atomic E-state index is 0.368. The second-order valence-electron chi connectivity index (χ2n) is 5.64. The van der Waals surface area contributed by atoms with Crippen LogP contribution in [-0.2, 0) is 0 Å². The highest BCUT2D eigenvalue weighted by atomic mass is 15.2. The molecule has 4 rings (SSSR count). The summed E-state index contributed by atoms with van der Waals surface area (Å²) >= 11 is 0. The van der Waals surface area contributed by atoms with Crippen molar-refractivity contribution in [1.29, 1.82) is 0 Å². The summed E-state index contributed by atoms with van der Waals surface area (Å²) in [6, 6.07) is 11.7. The van der Waals surface area contributed by atoms with E-state index in [0.29, 0.717) is 18.0 Å². The third-order valence-electron chi connectivity index (χ3n) is 4.77. The first kappa shape index (κ1) is 11.2. The van der Waals surface area contributed by atoms with Crippen LogP contribution < -0.4 is 5.73 Å². The molecule has 2 N–H and O–H groups in total. The van der Waals surface area contributed by atoms with Gasteiger partial charge in [0.2, 0.25) is 0 Å². The Bertz CT molecular complexity index is 366. The van der Waals surface area contributed by atoms with E-state index in [1.54, 1.807) is 0 Å². The molecule has 3 heterocycles. The molecule has 3 saturated heterocycles. The van der Waals surface area contributed by atoms with Crippen molar-refractivity contribution in [2.45, 2.75) is 37.8 Å². The second kappa shape index (κ2) is 4.43. The molecule has 3 atom stereocenters. The maximum absolute atomic E-state index is 6.46. The highest BCUT2D eigenvalue weighted by molar-refractivity contribution is 5.22. The summed E-state index contributed by atoms with van der Waals surface area (Å²) in [4.78, 5) is 2.61. The lowest BCUT2D eigenvalue weighted by Gasteiger charge is -2.52. The van der Waals surface area contributed by atoms with Crippen LogP contribution in [0.15, 0.2) is 30.3 Å². The number of hydrogen-bond acceptors (Lipinski definition) is 2. The number of benzene rings is 1. The van der Waals surface area contributed by atoms with E-state index < -0.39 is 0 Å². The summed E-state index contributed by atoms with van der Waals surface area (Å²) < 4.78 is 0. The fraction of sp³-hybridized carbons (Fsp3) is 0.600. The maximum atomic E-state index is 6.46. The van der Waals surface area contributed by atoms with E-state index in [4.69, 9.17) is 5.73 Å². The lowest BCUT2D eigenvalue weighted by Crippen LogP contribution is -2.62. The minimum Gasteiger partial charge on any atom is -0.326 e. The van der Waals surface area contributed by atoms with Gasteiger partial charge in [-0.1, -0.05) is 37.3 Å². The van der Waals surface area contributed by atoms with Crippen LogP contribution in [0.5, 0.6) is 0 Å². The number of nitrogens with zero attached hydrogens (tertiary/aromatic N) is 1. The molecule has 17 heavy (non-hydrogen) atoms. The van der Waals surface area contributed by atoms with Gasteiger partial charge in [-0.3, -0.25) is 4.90 Å². The molecule has 0 amide bonds. The molecule has 0 aliphatic carbocycles. The Labute approximate surface area is 104 Å². The van der Waals surface area contributed by atoms with Gasteiger partial charge in [0.15, 0.2) is 0 Å². The lowest BCUT2D eigenvalue weighted by atomic mass is 9.73. The first-order chi connectivity index (χ1) is 8.27. The average Bonchev–Trinajstić information content (AvgIpc) is 2.40. The van der Waals surface area contributed by atoms with Crippen molar-refractivity contribution in [3.05, 3.63) is 35.9 Å². The van der Waals surface area contributed by atoms with Gasteiger partial charge in [-0.15, -0.1) is 0 Å². The van der Waals surface area contributed by atoms with Crippen molar-refractivity contribution in [2.24, 2.45) is 11.7 Å². The molecule has 1 aromatic rings. The summed E-state index contributed by atoms with van der Waals surface area (Å²) in [7, 11) is 0. The zero-order valence-electron chi connectivity index (χ0n) is 10.5. The number of hydrogen-bond donors (Lipinski definition) is 1. The molecule has 92 valence electrons. The Balaban J connectivity index is 1.84. The minimum atomic E-state index is 0.368. The summed E-state index contributed by atoms with van der Waals surface area (Å²) in [6.45, 7) is 4.83. The van der Waals surface area contributed by atoms with Crippen molar-refractivity contribution in [2.75, 3.05) is 13.1 Å².